The van der Waals surface area contributed by atoms with E-state index in [0.29, 0.717) is 17.8 Å². The maximum absolute atomic E-state index is 12.3. The fourth-order valence-corrected chi connectivity index (χ4v) is 3.41. The highest BCUT2D eigenvalue weighted by Crippen LogP contribution is 2.37. The first-order valence-corrected chi connectivity index (χ1v) is 8.96. The molecule has 0 bridgehead atoms. The Morgan fingerprint density at radius 3 is 2.52 bits per heavy atom. The minimum Gasteiger partial charge on any atom is -0.459 e. The average Bonchev–Trinajstić information content (AvgIpc) is 3.21. The second-order valence-corrected chi connectivity index (χ2v) is 7.92. The summed E-state index contributed by atoms with van der Waals surface area (Å²) in [5, 5.41) is 15.3. The third-order valence-electron chi connectivity index (χ3n) is 4.78. The minimum absolute atomic E-state index is 0.0560. The average molecular weight is 372 g/mol. The summed E-state index contributed by atoms with van der Waals surface area (Å²) in [4.78, 5) is 22.5. The number of rotatable bonds is 4. The third kappa shape index (κ3) is 4.10. The molecule has 1 aliphatic carbocycles. The Balaban J connectivity index is 1.63. The molecule has 2 aromatic rings. The summed E-state index contributed by atoms with van der Waals surface area (Å²) in [5.41, 5.74) is 7.08. The van der Waals surface area contributed by atoms with Crippen molar-refractivity contribution in [2.75, 3.05) is 5.73 Å². The third-order valence-corrected chi connectivity index (χ3v) is 4.78. The molecule has 2 atom stereocenters. The summed E-state index contributed by atoms with van der Waals surface area (Å²) in [6.45, 7) is 6.14. The molecule has 8 nitrogen and oxygen atoms in total. The Hall–Kier alpha value is -2.90. The standard InChI is InChI=1S/C19H24N4O4/c1-19(2,3)22-17(20)11-16(21-22)13-6-9-15(10-13)27-18(24)12-4-7-14(8-5-12)23(25)26/h4-5,7-8,11,13,15H,6,9-10,20H2,1-3H3. The molecule has 144 valence electrons. The van der Waals surface area contributed by atoms with Crippen molar-refractivity contribution in [3.63, 3.8) is 0 Å². The molecule has 0 amide bonds. The van der Waals surface area contributed by atoms with Gasteiger partial charge in [0.2, 0.25) is 0 Å². The van der Waals surface area contributed by atoms with Gasteiger partial charge in [-0.2, -0.15) is 5.10 Å². The summed E-state index contributed by atoms with van der Waals surface area (Å²) in [6, 6.07) is 7.33. The number of nitro benzene ring substituents is 1. The van der Waals surface area contributed by atoms with Gasteiger partial charge in [-0.15, -0.1) is 0 Å². The Bertz CT molecular complexity index is 852. The van der Waals surface area contributed by atoms with E-state index < -0.39 is 10.9 Å². The number of esters is 1. The highest BCUT2D eigenvalue weighted by Gasteiger charge is 2.31. The molecule has 1 saturated carbocycles. The molecule has 1 fully saturated rings. The van der Waals surface area contributed by atoms with Crippen LogP contribution in [-0.2, 0) is 10.3 Å². The van der Waals surface area contributed by atoms with E-state index in [2.05, 4.69) is 5.10 Å². The normalized spacial score (nSPS) is 19.8. The van der Waals surface area contributed by atoms with Crippen molar-refractivity contribution in [2.45, 2.75) is 57.6 Å². The number of carbonyl (C=O) groups is 1. The van der Waals surface area contributed by atoms with Crippen LogP contribution in [0.1, 0.15) is 62.0 Å². The first kappa shape index (κ1) is 18.9. The van der Waals surface area contributed by atoms with Crippen LogP contribution in [0.4, 0.5) is 11.5 Å². The van der Waals surface area contributed by atoms with Gasteiger partial charge in [-0.05, 0) is 52.2 Å². The van der Waals surface area contributed by atoms with E-state index in [1.54, 1.807) is 0 Å². The van der Waals surface area contributed by atoms with E-state index in [4.69, 9.17) is 10.5 Å². The summed E-state index contributed by atoms with van der Waals surface area (Å²) in [6.07, 6.45) is 2.13. The SMILES string of the molecule is CC(C)(C)n1nc(C2CCC(OC(=O)c3ccc([N+](=O)[O-])cc3)C2)cc1N. The maximum Gasteiger partial charge on any atom is 0.338 e. The summed E-state index contributed by atoms with van der Waals surface area (Å²) >= 11 is 0. The number of non-ortho nitro benzene ring substituents is 1. The Morgan fingerprint density at radius 2 is 1.96 bits per heavy atom. The summed E-state index contributed by atoms with van der Waals surface area (Å²) in [7, 11) is 0. The molecule has 1 aliphatic rings. The molecule has 3 rings (SSSR count). The lowest BCUT2D eigenvalue weighted by molar-refractivity contribution is -0.384. The molecule has 1 aromatic carbocycles. The number of carbonyl (C=O) groups excluding carboxylic acids is 1. The van der Waals surface area contributed by atoms with E-state index in [1.807, 2.05) is 31.5 Å². The highest BCUT2D eigenvalue weighted by atomic mass is 16.6. The number of ether oxygens (including phenoxy) is 1. The predicted octanol–water partition coefficient (Wildman–Crippen LogP) is 3.62. The monoisotopic (exact) mass is 372 g/mol. The fraction of sp³-hybridized carbons (Fsp3) is 0.474. The number of nitrogens with zero attached hydrogens (tertiary/aromatic N) is 3. The van der Waals surface area contributed by atoms with Gasteiger partial charge in [0.05, 0.1) is 21.7 Å². The lowest BCUT2D eigenvalue weighted by Crippen LogP contribution is -2.25. The quantitative estimate of drug-likeness (QED) is 0.498. The van der Waals surface area contributed by atoms with Crippen LogP contribution in [0.2, 0.25) is 0 Å². The second-order valence-electron chi connectivity index (χ2n) is 7.92. The van der Waals surface area contributed by atoms with Crippen LogP contribution >= 0.6 is 0 Å². The number of benzene rings is 1. The van der Waals surface area contributed by atoms with Gasteiger partial charge in [0, 0.05) is 24.1 Å². The zero-order valence-electron chi connectivity index (χ0n) is 15.7. The topological polar surface area (TPSA) is 113 Å². The number of aromatic nitrogens is 2. The lowest BCUT2D eigenvalue weighted by Gasteiger charge is -2.20. The molecule has 1 aromatic heterocycles. The molecular weight excluding hydrogens is 348 g/mol. The predicted molar refractivity (Wildman–Crippen MR) is 101 cm³/mol. The van der Waals surface area contributed by atoms with Gasteiger partial charge in [0.25, 0.3) is 5.69 Å². The van der Waals surface area contributed by atoms with Gasteiger partial charge in [-0.3, -0.25) is 10.1 Å². The summed E-state index contributed by atoms with van der Waals surface area (Å²) < 4.78 is 7.40. The van der Waals surface area contributed by atoms with Gasteiger partial charge in [-0.1, -0.05) is 0 Å². The van der Waals surface area contributed by atoms with E-state index in [9.17, 15) is 14.9 Å². The van der Waals surface area contributed by atoms with Crippen LogP contribution in [0.3, 0.4) is 0 Å². The van der Waals surface area contributed by atoms with Crippen molar-refractivity contribution >= 4 is 17.5 Å². The number of anilines is 1. The van der Waals surface area contributed by atoms with Crippen LogP contribution in [0, 0.1) is 10.1 Å². The van der Waals surface area contributed by atoms with Gasteiger partial charge in [-0.25, -0.2) is 9.48 Å². The van der Waals surface area contributed by atoms with Crippen molar-refractivity contribution < 1.29 is 14.5 Å². The molecule has 1 heterocycles. The molecule has 8 heteroatoms. The zero-order valence-corrected chi connectivity index (χ0v) is 15.7. The fourth-order valence-electron chi connectivity index (χ4n) is 3.41. The van der Waals surface area contributed by atoms with Crippen molar-refractivity contribution in [1.82, 2.24) is 9.78 Å². The number of nitrogen functional groups attached to an aromatic ring is 1. The molecule has 2 N–H and O–H groups in total. The molecular formula is C19H24N4O4. The molecule has 0 spiro atoms. The first-order valence-electron chi connectivity index (χ1n) is 8.96. The molecule has 27 heavy (non-hydrogen) atoms. The number of nitro groups is 1. The van der Waals surface area contributed by atoms with Crippen molar-refractivity contribution in [1.29, 1.82) is 0 Å². The van der Waals surface area contributed by atoms with Gasteiger partial charge in [0.15, 0.2) is 0 Å². The van der Waals surface area contributed by atoms with Gasteiger partial charge >= 0.3 is 5.97 Å². The van der Waals surface area contributed by atoms with Crippen molar-refractivity contribution in [3.8, 4) is 0 Å². The van der Waals surface area contributed by atoms with E-state index in [-0.39, 0.29) is 23.2 Å². The molecule has 2 unspecified atom stereocenters. The number of hydrogen-bond acceptors (Lipinski definition) is 6. The zero-order chi connectivity index (χ0) is 19.8. The van der Waals surface area contributed by atoms with Crippen LogP contribution in [0.25, 0.3) is 0 Å². The lowest BCUT2D eigenvalue weighted by atomic mass is 10.0. The summed E-state index contributed by atoms with van der Waals surface area (Å²) in [5.74, 6) is 0.365. The molecule has 0 radical (unpaired) electrons. The smallest absolute Gasteiger partial charge is 0.338 e. The van der Waals surface area contributed by atoms with Crippen molar-refractivity contribution in [2.24, 2.45) is 0 Å². The van der Waals surface area contributed by atoms with E-state index in [0.717, 1.165) is 18.5 Å². The number of hydrogen-bond donors (Lipinski definition) is 1. The minimum atomic E-state index is -0.501. The van der Waals surface area contributed by atoms with E-state index >= 15 is 0 Å². The Morgan fingerprint density at radius 1 is 1.30 bits per heavy atom. The van der Waals surface area contributed by atoms with E-state index in [1.165, 1.54) is 24.3 Å². The maximum atomic E-state index is 12.3. The highest BCUT2D eigenvalue weighted by molar-refractivity contribution is 5.89. The van der Waals surface area contributed by atoms with Crippen LogP contribution in [-0.4, -0.2) is 26.8 Å². The first-order chi connectivity index (χ1) is 12.6. The van der Waals surface area contributed by atoms with Gasteiger partial charge < -0.3 is 10.5 Å². The van der Waals surface area contributed by atoms with Gasteiger partial charge in [0.1, 0.15) is 11.9 Å². The van der Waals surface area contributed by atoms with Crippen molar-refractivity contribution in [3.05, 3.63) is 51.7 Å². The van der Waals surface area contributed by atoms with Crippen LogP contribution in [0.5, 0.6) is 0 Å². The van der Waals surface area contributed by atoms with Crippen LogP contribution in [0.15, 0.2) is 30.3 Å². The molecule has 0 aliphatic heterocycles. The molecule has 0 saturated heterocycles. The second kappa shape index (κ2) is 7.02. The largest absolute Gasteiger partial charge is 0.459 e. The Labute approximate surface area is 157 Å². The number of nitrogens with two attached hydrogens (primary N) is 1. The Kier molecular flexibility index (Phi) is 4.91. The van der Waals surface area contributed by atoms with Crippen LogP contribution < -0.4 is 5.73 Å².